The number of nitrogens with one attached hydrogen (secondary N) is 1. The summed E-state index contributed by atoms with van der Waals surface area (Å²) in [7, 11) is -4.19. The average Bonchev–Trinajstić information content (AvgIpc) is 3.38. The van der Waals surface area contributed by atoms with Gasteiger partial charge >= 0.3 is 6.18 Å². The lowest BCUT2D eigenvalue weighted by Gasteiger charge is -2.30. The SMILES string of the molecule is O=C(CC1CCCN1S(=O)(=O)c1cccc(C(F)(F)F)c1)NC1CCOc2cc(CN3CCOCC3)ccc21. The number of rotatable bonds is 7. The van der Waals surface area contributed by atoms with E-state index in [1.165, 1.54) is 0 Å². The van der Waals surface area contributed by atoms with Crippen LogP contribution in [0.3, 0.4) is 0 Å². The van der Waals surface area contributed by atoms with Crippen LogP contribution in [0.15, 0.2) is 47.4 Å². The van der Waals surface area contributed by atoms with Gasteiger partial charge < -0.3 is 14.8 Å². The number of fused-ring (bicyclic) bond motifs is 1. The summed E-state index contributed by atoms with van der Waals surface area (Å²) < 4.78 is 78.4. The Morgan fingerprint density at radius 3 is 2.59 bits per heavy atom. The minimum absolute atomic E-state index is 0.0694. The van der Waals surface area contributed by atoms with Crippen molar-refractivity contribution in [3.63, 3.8) is 0 Å². The van der Waals surface area contributed by atoms with Gasteiger partial charge in [-0.05, 0) is 42.7 Å². The number of nitrogens with zero attached hydrogens (tertiary/aromatic N) is 2. The molecule has 12 heteroatoms. The van der Waals surface area contributed by atoms with E-state index >= 15 is 0 Å². The first kappa shape index (κ1) is 27.9. The normalized spacial score (nSPS) is 22.7. The predicted molar refractivity (Wildman–Crippen MR) is 137 cm³/mol. The first-order valence-electron chi connectivity index (χ1n) is 13.2. The lowest BCUT2D eigenvalue weighted by molar-refractivity contribution is -0.137. The Balaban J connectivity index is 1.24. The van der Waals surface area contributed by atoms with Crippen molar-refractivity contribution in [2.45, 2.75) is 55.4 Å². The smallest absolute Gasteiger partial charge is 0.416 e. The number of alkyl halides is 3. The predicted octanol–water partition coefficient (Wildman–Crippen LogP) is 3.72. The van der Waals surface area contributed by atoms with E-state index in [9.17, 15) is 26.4 Å². The summed E-state index contributed by atoms with van der Waals surface area (Å²) in [5.74, 6) is 0.424. The van der Waals surface area contributed by atoms with Gasteiger partial charge in [0.05, 0.1) is 36.3 Å². The molecule has 1 amide bonds. The van der Waals surface area contributed by atoms with Crippen molar-refractivity contribution in [3.8, 4) is 5.75 Å². The molecule has 39 heavy (non-hydrogen) atoms. The van der Waals surface area contributed by atoms with Crippen LogP contribution in [0.2, 0.25) is 0 Å². The van der Waals surface area contributed by atoms with E-state index in [1.807, 2.05) is 18.2 Å². The molecular formula is C27H32F3N3O5S. The highest BCUT2D eigenvalue weighted by molar-refractivity contribution is 7.89. The van der Waals surface area contributed by atoms with E-state index in [4.69, 9.17) is 9.47 Å². The summed E-state index contributed by atoms with van der Waals surface area (Å²) in [6, 6.07) is 8.84. The molecule has 0 spiro atoms. The Morgan fingerprint density at radius 2 is 1.82 bits per heavy atom. The average molecular weight is 568 g/mol. The van der Waals surface area contributed by atoms with Gasteiger partial charge in [0, 0.05) is 50.6 Å². The molecule has 2 fully saturated rings. The monoisotopic (exact) mass is 567 g/mol. The number of morpholine rings is 1. The van der Waals surface area contributed by atoms with Gasteiger partial charge in [-0.1, -0.05) is 18.2 Å². The number of amides is 1. The molecule has 212 valence electrons. The fraction of sp³-hybridized carbons (Fsp3) is 0.519. The molecule has 0 aliphatic carbocycles. The maximum atomic E-state index is 13.2. The number of carbonyl (C=O) groups excluding carboxylic acids is 1. The van der Waals surface area contributed by atoms with Crippen LogP contribution < -0.4 is 10.1 Å². The van der Waals surface area contributed by atoms with Crippen LogP contribution in [0.1, 0.15) is 48.4 Å². The fourth-order valence-corrected chi connectivity index (χ4v) is 7.20. The van der Waals surface area contributed by atoms with Crippen LogP contribution in [0.25, 0.3) is 0 Å². The Hall–Kier alpha value is -2.67. The van der Waals surface area contributed by atoms with Gasteiger partial charge in [0.15, 0.2) is 0 Å². The summed E-state index contributed by atoms with van der Waals surface area (Å²) in [5.41, 5.74) is 0.965. The quantitative estimate of drug-likeness (QED) is 0.549. The van der Waals surface area contributed by atoms with Crippen molar-refractivity contribution in [1.82, 2.24) is 14.5 Å². The van der Waals surface area contributed by atoms with Crippen LogP contribution in [-0.2, 0) is 32.3 Å². The van der Waals surface area contributed by atoms with Gasteiger partial charge in [0.25, 0.3) is 0 Å². The maximum Gasteiger partial charge on any atom is 0.416 e. The number of ether oxygens (including phenoxy) is 2. The number of sulfonamides is 1. The van der Waals surface area contributed by atoms with Crippen molar-refractivity contribution in [2.75, 3.05) is 39.5 Å². The Labute approximate surface area is 226 Å². The van der Waals surface area contributed by atoms with E-state index < -0.39 is 32.7 Å². The van der Waals surface area contributed by atoms with Crippen LogP contribution in [0.5, 0.6) is 5.75 Å². The van der Waals surface area contributed by atoms with E-state index in [0.29, 0.717) is 31.9 Å². The molecule has 5 rings (SSSR count). The second-order valence-electron chi connectivity index (χ2n) is 10.2. The molecule has 2 aromatic carbocycles. The lowest BCUT2D eigenvalue weighted by atomic mass is 9.98. The number of carbonyl (C=O) groups is 1. The van der Waals surface area contributed by atoms with Crippen LogP contribution in [0.4, 0.5) is 13.2 Å². The zero-order chi connectivity index (χ0) is 27.6. The molecule has 3 heterocycles. The number of hydrogen-bond donors (Lipinski definition) is 1. The Kier molecular flexibility index (Phi) is 8.18. The molecule has 0 bridgehead atoms. The molecule has 0 aromatic heterocycles. The second-order valence-corrected chi connectivity index (χ2v) is 12.1. The second kappa shape index (κ2) is 11.4. The third-order valence-corrected chi connectivity index (χ3v) is 9.42. The van der Waals surface area contributed by atoms with Gasteiger partial charge in [-0.25, -0.2) is 8.42 Å². The zero-order valence-electron chi connectivity index (χ0n) is 21.5. The largest absolute Gasteiger partial charge is 0.493 e. The number of halogens is 3. The summed E-state index contributed by atoms with van der Waals surface area (Å²) in [6.07, 6.45) is -3.15. The van der Waals surface area contributed by atoms with Crippen molar-refractivity contribution < 1.29 is 35.9 Å². The van der Waals surface area contributed by atoms with Crippen molar-refractivity contribution in [1.29, 1.82) is 0 Å². The minimum atomic E-state index is -4.65. The maximum absolute atomic E-state index is 13.2. The van der Waals surface area contributed by atoms with Gasteiger partial charge in [0.1, 0.15) is 5.75 Å². The Bertz CT molecular complexity index is 1300. The molecule has 2 atom stereocenters. The highest BCUT2D eigenvalue weighted by Gasteiger charge is 2.38. The Morgan fingerprint density at radius 1 is 1.03 bits per heavy atom. The highest BCUT2D eigenvalue weighted by atomic mass is 32.2. The standard InChI is InChI=1S/C27H32F3N3O5S/c28-27(29,30)20-3-1-5-22(16-20)39(35,36)33-9-2-4-21(33)17-26(34)31-24-8-12-38-25-15-19(6-7-23(24)25)18-32-10-13-37-14-11-32/h1,3,5-7,15-16,21,24H,2,4,8-14,17-18H2,(H,31,34). The lowest BCUT2D eigenvalue weighted by Crippen LogP contribution is -2.40. The van der Waals surface area contributed by atoms with E-state index in [1.54, 1.807) is 0 Å². The molecule has 1 N–H and O–H groups in total. The van der Waals surface area contributed by atoms with E-state index in [0.717, 1.165) is 72.2 Å². The number of benzene rings is 2. The third kappa shape index (κ3) is 6.40. The summed E-state index contributed by atoms with van der Waals surface area (Å²) in [6.45, 7) is 4.57. The van der Waals surface area contributed by atoms with Crippen molar-refractivity contribution >= 4 is 15.9 Å². The summed E-state index contributed by atoms with van der Waals surface area (Å²) >= 11 is 0. The van der Waals surface area contributed by atoms with Gasteiger partial charge in [-0.2, -0.15) is 17.5 Å². The molecule has 2 unspecified atom stereocenters. The van der Waals surface area contributed by atoms with Crippen LogP contribution in [-0.4, -0.2) is 69.0 Å². The highest BCUT2D eigenvalue weighted by Crippen LogP contribution is 2.35. The van der Waals surface area contributed by atoms with Crippen LogP contribution >= 0.6 is 0 Å². The summed E-state index contributed by atoms with van der Waals surface area (Å²) in [5, 5.41) is 3.03. The van der Waals surface area contributed by atoms with E-state index in [2.05, 4.69) is 10.2 Å². The van der Waals surface area contributed by atoms with Crippen LogP contribution in [0, 0.1) is 0 Å². The minimum Gasteiger partial charge on any atom is -0.493 e. The topological polar surface area (TPSA) is 88.2 Å². The van der Waals surface area contributed by atoms with Gasteiger partial charge in [0.2, 0.25) is 15.9 Å². The first-order chi connectivity index (χ1) is 18.6. The fourth-order valence-electron chi connectivity index (χ4n) is 5.46. The molecule has 0 radical (unpaired) electrons. The van der Waals surface area contributed by atoms with Gasteiger partial charge in [-0.15, -0.1) is 0 Å². The molecule has 3 aliphatic rings. The summed E-state index contributed by atoms with van der Waals surface area (Å²) in [4.78, 5) is 15.0. The van der Waals surface area contributed by atoms with E-state index in [-0.39, 0.29) is 24.9 Å². The van der Waals surface area contributed by atoms with Gasteiger partial charge in [-0.3, -0.25) is 9.69 Å². The van der Waals surface area contributed by atoms with Crippen molar-refractivity contribution in [3.05, 3.63) is 59.2 Å². The molecule has 3 aliphatic heterocycles. The molecule has 2 aromatic rings. The van der Waals surface area contributed by atoms with Crippen molar-refractivity contribution in [2.24, 2.45) is 0 Å². The molecule has 2 saturated heterocycles. The third-order valence-electron chi connectivity index (χ3n) is 7.47. The zero-order valence-corrected chi connectivity index (χ0v) is 22.3. The molecular weight excluding hydrogens is 535 g/mol. The number of hydrogen-bond acceptors (Lipinski definition) is 6. The first-order valence-corrected chi connectivity index (χ1v) is 14.6. The molecule has 0 saturated carbocycles. The molecule has 8 nitrogen and oxygen atoms in total.